The topological polar surface area (TPSA) is 35.1 Å². The molecule has 67 valence electrons. The first kappa shape index (κ1) is 13.7. The van der Waals surface area contributed by atoms with Crippen molar-refractivity contribution in [2.75, 3.05) is 0 Å². The van der Waals surface area contributed by atoms with E-state index in [1.807, 2.05) is 27.7 Å². The number of aromatic nitrogens is 1. The summed E-state index contributed by atoms with van der Waals surface area (Å²) in [7, 11) is 0. The van der Waals surface area contributed by atoms with Crippen molar-refractivity contribution in [3.05, 3.63) is 23.0 Å². The lowest BCUT2D eigenvalue weighted by Gasteiger charge is -2.00. The second kappa shape index (κ2) is 6.76. The predicted molar refractivity (Wildman–Crippen MR) is 50.5 cm³/mol. The van der Waals surface area contributed by atoms with Gasteiger partial charge in [0.15, 0.2) is 0 Å². The highest BCUT2D eigenvalue weighted by Gasteiger charge is 1.99. The normalized spacial score (nSPS) is 8.42. The Kier molecular flexibility index (Phi) is 7.69. The van der Waals surface area contributed by atoms with Crippen LogP contribution < -0.4 is 5.76 Å². The summed E-state index contributed by atoms with van der Waals surface area (Å²) in [5, 5.41) is 0. The Morgan fingerprint density at radius 2 is 1.92 bits per heavy atom. The Morgan fingerprint density at radius 1 is 1.42 bits per heavy atom. The smallest absolute Gasteiger partial charge is 0.416 e. The lowest BCUT2D eigenvalue weighted by Crippen LogP contribution is -2.14. The van der Waals surface area contributed by atoms with Crippen LogP contribution in [0.3, 0.4) is 0 Å². The van der Waals surface area contributed by atoms with E-state index in [1.165, 1.54) is 10.8 Å². The molecule has 4 heteroatoms. The molecule has 3 nitrogen and oxygen atoms in total. The first-order valence-electron chi connectivity index (χ1n) is 3.87. The SMILES string of the molecule is CC.CC(C)n1ccoc1=O.[B]. The molecule has 0 aromatic carbocycles. The van der Waals surface area contributed by atoms with Gasteiger partial charge in [0.05, 0.1) is 0 Å². The second-order valence-electron chi connectivity index (χ2n) is 2.17. The third-order valence-corrected chi connectivity index (χ3v) is 1.16. The molecule has 0 bridgehead atoms. The van der Waals surface area contributed by atoms with Gasteiger partial charge < -0.3 is 4.42 Å². The van der Waals surface area contributed by atoms with Gasteiger partial charge in [0.2, 0.25) is 0 Å². The maximum atomic E-state index is 10.7. The maximum absolute atomic E-state index is 10.7. The molecular weight excluding hydrogens is 153 g/mol. The van der Waals surface area contributed by atoms with Gasteiger partial charge in [-0.25, -0.2) is 4.79 Å². The summed E-state index contributed by atoms with van der Waals surface area (Å²) in [5.41, 5.74) is 0. The third-order valence-electron chi connectivity index (χ3n) is 1.16. The van der Waals surface area contributed by atoms with Crippen molar-refractivity contribution < 1.29 is 4.42 Å². The zero-order valence-corrected chi connectivity index (χ0v) is 8.07. The molecule has 0 unspecified atom stereocenters. The van der Waals surface area contributed by atoms with Crippen molar-refractivity contribution in [1.82, 2.24) is 4.57 Å². The number of hydrogen-bond donors (Lipinski definition) is 0. The molecule has 1 heterocycles. The fourth-order valence-electron chi connectivity index (χ4n) is 0.659. The Hall–Kier alpha value is -0.925. The lowest BCUT2D eigenvalue weighted by atomic mass is 10.4. The molecule has 1 rings (SSSR count). The summed E-state index contributed by atoms with van der Waals surface area (Å²) in [5.74, 6) is -0.287. The van der Waals surface area contributed by atoms with E-state index in [0.717, 1.165) is 0 Å². The van der Waals surface area contributed by atoms with Crippen LogP contribution in [0, 0.1) is 0 Å². The highest BCUT2D eigenvalue weighted by Crippen LogP contribution is 1.97. The minimum absolute atomic E-state index is 0. The number of hydrogen-bond acceptors (Lipinski definition) is 2. The lowest BCUT2D eigenvalue weighted by molar-refractivity contribution is 0.456. The van der Waals surface area contributed by atoms with E-state index in [1.54, 1.807) is 6.20 Å². The van der Waals surface area contributed by atoms with Gasteiger partial charge in [-0.2, -0.15) is 0 Å². The van der Waals surface area contributed by atoms with Crippen LogP contribution in [0.5, 0.6) is 0 Å². The number of nitrogens with zero attached hydrogens (tertiary/aromatic N) is 1. The van der Waals surface area contributed by atoms with Gasteiger partial charge in [-0.15, -0.1) is 0 Å². The Balaban J connectivity index is 0. The van der Waals surface area contributed by atoms with Crippen LogP contribution >= 0.6 is 0 Å². The molecule has 0 spiro atoms. The van der Waals surface area contributed by atoms with Gasteiger partial charge in [0.25, 0.3) is 0 Å². The van der Waals surface area contributed by atoms with Crippen molar-refractivity contribution in [1.29, 1.82) is 0 Å². The molecule has 1 aromatic rings. The summed E-state index contributed by atoms with van der Waals surface area (Å²) in [6.45, 7) is 7.86. The molecular formula is C8H15BNO2. The van der Waals surface area contributed by atoms with Gasteiger partial charge >= 0.3 is 5.76 Å². The quantitative estimate of drug-likeness (QED) is 0.597. The summed E-state index contributed by atoms with van der Waals surface area (Å²) < 4.78 is 6.06. The van der Waals surface area contributed by atoms with Gasteiger partial charge in [0, 0.05) is 20.7 Å². The van der Waals surface area contributed by atoms with Crippen LogP contribution in [0.25, 0.3) is 0 Å². The summed E-state index contributed by atoms with van der Waals surface area (Å²) in [6, 6.07) is 0.191. The van der Waals surface area contributed by atoms with Gasteiger partial charge in [-0.3, -0.25) is 4.57 Å². The molecule has 0 atom stereocenters. The molecule has 0 saturated heterocycles. The van der Waals surface area contributed by atoms with Crippen molar-refractivity contribution in [2.45, 2.75) is 33.7 Å². The molecule has 0 saturated carbocycles. The zero-order valence-electron chi connectivity index (χ0n) is 8.07. The van der Waals surface area contributed by atoms with Crippen molar-refractivity contribution in [2.24, 2.45) is 0 Å². The Morgan fingerprint density at radius 3 is 2.08 bits per heavy atom. The molecule has 1 aromatic heterocycles. The average Bonchev–Trinajstić information content (AvgIpc) is 2.39. The van der Waals surface area contributed by atoms with Crippen LogP contribution in [0.1, 0.15) is 33.7 Å². The summed E-state index contributed by atoms with van der Waals surface area (Å²) >= 11 is 0. The molecule has 0 N–H and O–H groups in total. The van der Waals surface area contributed by atoms with Crippen LogP contribution in [0.2, 0.25) is 0 Å². The Bertz CT molecular complexity index is 239. The molecule has 0 aliphatic heterocycles. The molecule has 12 heavy (non-hydrogen) atoms. The molecule has 0 aliphatic carbocycles. The minimum Gasteiger partial charge on any atom is -0.416 e. The van der Waals surface area contributed by atoms with Crippen LogP contribution in [-0.2, 0) is 0 Å². The first-order chi connectivity index (χ1) is 5.22. The van der Waals surface area contributed by atoms with Crippen LogP contribution in [-0.4, -0.2) is 13.0 Å². The molecule has 0 fully saturated rings. The summed E-state index contributed by atoms with van der Waals surface area (Å²) in [6.07, 6.45) is 3.02. The van der Waals surface area contributed by atoms with Gasteiger partial charge in [0.1, 0.15) is 6.26 Å². The standard InChI is InChI=1S/C6H9NO2.C2H6.B/c1-5(2)7-3-4-9-6(7)8;1-2;/h3-5H,1-2H3;1-2H3;. The van der Waals surface area contributed by atoms with E-state index in [0.29, 0.717) is 0 Å². The maximum Gasteiger partial charge on any atom is 0.419 e. The monoisotopic (exact) mass is 168 g/mol. The van der Waals surface area contributed by atoms with E-state index >= 15 is 0 Å². The van der Waals surface area contributed by atoms with E-state index < -0.39 is 0 Å². The fourth-order valence-corrected chi connectivity index (χ4v) is 0.659. The van der Waals surface area contributed by atoms with Crippen LogP contribution in [0.4, 0.5) is 0 Å². The first-order valence-corrected chi connectivity index (χ1v) is 3.87. The van der Waals surface area contributed by atoms with Crippen LogP contribution in [0.15, 0.2) is 21.7 Å². The Labute approximate surface area is 75.0 Å². The van der Waals surface area contributed by atoms with Gasteiger partial charge in [-0.1, -0.05) is 13.8 Å². The van der Waals surface area contributed by atoms with Crippen molar-refractivity contribution >= 4 is 8.41 Å². The fraction of sp³-hybridized carbons (Fsp3) is 0.625. The van der Waals surface area contributed by atoms with E-state index in [-0.39, 0.29) is 20.2 Å². The molecule has 0 amide bonds. The zero-order chi connectivity index (χ0) is 8.85. The predicted octanol–water partition coefficient (Wildman–Crippen LogP) is 1.67. The van der Waals surface area contributed by atoms with Gasteiger partial charge in [-0.05, 0) is 13.8 Å². The summed E-state index contributed by atoms with van der Waals surface area (Å²) in [4.78, 5) is 10.7. The largest absolute Gasteiger partial charge is 0.419 e. The third kappa shape index (κ3) is 3.46. The molecule has 3 radical (unpaired) electrons. The highest BCUT2D eigenvalue weighted by atomic mass is 16.4. The van der Waals surface area contributed by atoms with E-state index in [2.05, 4.69) is 4.42 Å². The van der Waals surface area contributed by atoms with E-state index in [9.17, 15) is 4.79 Å². The highest BCUT2D eigenvalue weighted by molar-refractivity contribution is 5.75. The average molecular weight is 168 g/mol. The minimum atomic E-state index is -0.287. The number of rotatable bonds is 1. The van der Waals surface area contributed by atoms with Crippen molar-refractivity contribution in [3.8, 4) is 0 Å². The number of oxazole rings is 1. The second-order valence-corrected chi connectivity index (χ2v) is 2.17. The van der Waals surface area contributed by atoms with E-state index in [4.69, 9.17) is 0 Å². The van der Waals surface area contributed by atoms with Crippen molar-refractivity contribution in [3.63, 3.8) is 0 Å². The molecule has 0 aliphatic rings.